The van der Waals surface area contributed by atoms with Gasteiger partial charge in [0.1, 0.15) is 12.4 Å². The smallest absolute Gasteiger partial charge is 0.310 e. The van der Waals surface area contributed by atoms with Gasteiger partial charge in [-0.2, -0.15) is 0 Å². The van der Waals surface area contributed by atoms with Crippen LogP contribution in [0.1, 0.15) is 29.5 Å². The summed E-state index contributed by atoms with van der Waals surface area (Å²) in [5.41, 5.74) is 2.06. The summed E-state index contributed by atoms with van der Waals surface area (Å²) in [4.78, 5) is 11.4. The second-order valence-corrected chi connectivity index (χ2v) is 4.84. The molecule has 1 aromatic heterocycles. The van der Waals surface area contributed by atoms with Gasteiger partial charge in [0.2, 0.25) is 0 Å². The summed E-state index contributed by atoms with van der Waals surface area (Å²) in [6.07, 6.45) is 0.0366. The summed E-state index contributed by atoms with van der Waals surface area (Å²) < 4.78 is 29.3. The van der Waals surface area contributed by atoms with Crippen molar-refractivity contribution in [3.05, 3.63) is 46.6 Å². The minimum absolute atomic E-state index is 0.0366. The highest BCUT2D eigenvalue weighted by Crippen LogP contribution is 2.22. The lowest BCUT2D eigenvalue weighted by atomic mass is 10.1. The maximum Gasteiger partial charge on any atom is 0.310 e. The first kappa shape index (κ1) is 16.0. The lowest BCUT2D eigenvalue weighted by molar-refractivity contribution is -0.142. The molecule has 0 aliphatic heterocycles. The van der Waals surface area contributed by atoms with Crippen molar-refractivity contribution in [2.45, 2.75) is 33.8 Å². The topological polar surface area (TPSA) is 61.6 Å². The number of nitrogens with zero attached hydrogens (tertiary/aromatic N) is 1. The first-order chi connectivity index (χ1) is 10.5. The summed E-state index contributed by atoms with van der Waals surface area (Å²) >= 11 is 0. The van der Waals surface area contributed by atoms with E-state index in [0.29, 0.717) is 17.9 Å². The third kappa shape index (κ3) is 3.84. The number of benzene rings is 1. The number of hydrogen-bond donors (Lipinski definition) is 0. The molecule has 2 aromatic rings. The van der Waals surface area contributed by atoms with Gasteiger partial charge in [-0.05, 0) is 38.5 Å². The number of aryl methyl sites for hydroxylation is 2. The number of aromatic nitrogens is 1. The van der Waals surface area contributed by atoms with Gasteiger partial charge in [0.05, 0.1) is 24.3 Å². The summed E-state index contributed by atoms with van der Waals surface area (Å²) in [5.74, 6) is -0.135. The summed E-state index contributed by atoms with van der Waals surface area (Å²) in [5, 5.41) is 3.81. The molecule has 6 heteroatoms. The zero-order valence-electron chi connectivity index (χ0n) is 12.8. The number of ether oxygens (including phenoxy) is 2. The number of hydrogen-bond acceptors (Lipinski definition) is 5. The van der Waals surface area contributed by atoms with Crippen molar-refractivity contribution >= 4 is 5.97 Å². The molecule has 0 N–H and O–H groups in total. The molecule has 118 valence electrons. The Kier molecular flexibility index (Phi) is 5.14. The van der Waals surface area contributed by atoms with Crippen LogP contribution in [0, 0.1) is 19.7 Å². The van der Waals surface area contributed by atoms with Crippen LogP contribution in [0.15, 0.2) is 22.7 Å². The molecule has 5 nitrogen and oxygen atoms in total. The molecule has 0 saturated carbocycles. The van der Waals surface area contributed by atoms with Crippen molar-refractivity contribution in [3.63, 3.8) is 0 Å². The minimum Gasteiger partial charge on any atom is -0.486 e. The monoisotopic (exact) mass is 307 g/mol. The predicted molar refractivity (Wildman–Crippen MR) is 77.0 cm³/mol. The molecule has 0 aliphatic carbocycles. The van der Waals surface area contributed by atoms with Crippen LogP contribution < -0.4 is 4.74 Å². The number of halogens is 1. The van der Waals surface area contributed by atoms with Crippen LogP contribution in [0.4, 0.5) is 4.39 Å². The molecule has 0 atom stereocenters. The van der Waals surface area contributed by atoms with Crippen molar-refractivity contribution in [3.8, 4) is 5.75 Å². The van der Waals surface area contributed by atoms with Crippen LogP contribution in [-0.2, 0) is 22.6 Å². The van der Waals surface area contributed by atoms with Gasteiger partial charge in [0.15, 0.2) is 11.6 Å². The fraction of sp³-hybridized carbons (Fsp3) is 0.375. The normalized spacial score (nSPS) is 10.5. The van der Waals surface area contributed by atoms with Gasteiger partial charge >= 0.3 is 5.97 Å². The van der Waals surface area contributed by atoms with Crippen LogP contribution in [0.3, 0.4) is 0 Å². The van der Waals surface area contributed by atoms with Crippen LogP contribution in [0.5, 0.6) is 5.75 Å². The molecule has 0 radical (unpaired) electrons. The fourth-order valence-corrected chi connectivity index (χ4v) is 2.01. The molecule has 0 bridgehead atoms. The zero-order chi connectivity index (χ0) is 16.1. The second-order valence-electron chi connectivity index (χ2n) is 4.84. The summed E-state index contributed by atoms with van der Waals surface area (Å²) in [7, 11) is 0. The van der Waals surface area contributed by atoms with E-state index in [1.165, 1.54) is 12.1 Å². The Morgan fingerprint density at radius 2 is 2.14 bits per heavy atom. The van der Waals surface area contributed by atoms with Gasteiger partial charge in [-0.25, -0.2) is 4.39 Å². The van der Waals surface area contributed by atoms with Gasteiger partial charge in [-0.1, -0.05) is 11.2 Å². The third-order valence-corrected chi connectivity index (χ3v) is 3.20. The van der Waals surface area contributed by atoms with Crippen molar-refractivity contribution < 1.29 is 23.2 Å². The zero-order valence-corrected chi connectivity index (χ0v) is 12.8. The average molecular weight is 307 g/mol. The van der Waals surface area contributed by atoms with E-state index in [-0.39, 0.29) is 24.7 Å². The third-order valence-electron chi connectivity index (χ3n) is 3.20. The van der Waals surface area contributed by atoms with Crippen molar-refractivity contribution in [2.75, 3.05) is 6.61 Å². The van der Waals surface area contributed by atoms with E-state index in [4.69, 9.17) is 14.0 Å². The van der Waals surface area contributed by atoms with Gasteiger partial charge in [0, 0.05) is 0 Å². The van der Waals surface area contributed by atoms with Gasteiger partial charge < -0.3 is 14.0 Å². The number of carbonyl (C=O) groups is 1. The molecule has 0 saturated heterocycles. The largest absolute Gasteiger partial charge is 0.486 e. The highest BCUT2D eigenvalue weighted by atomic mass is 19.1. The lowest BCUT2D eigenvalue weighted by Gasteiger charge is -2.08. The summed E-state index contributed by atoms with van der Waals surface area (Å²) in [6.45, 7) is 5.78. The Balaban J connectivity index is 2.02. The molecule has 22 heavy (non-hydrogen) atoms. The Bertz CT molecular complexity index is 647. The van der Waals surface area contributed by atoms with Crippen LogP contribution in [-0.4, -0.2) is 17.7 Å². The molecule has 1 heterocycles. The van der Waals surface area contributed by atoms with E-state index in [1.807, 2.05) is 0 Å². The molecule has 0 amide bonds. The van der Waals surface area contributed by atoms with Gasteiger partial charge in [-0.15, -0.1) is 0 Å². The molecule has 1 aromatic carbocycles. The van der Waals surface area contributed by atoms with E-state index < -0.39 is 5.82 Å². The average Bonchev–Trinajstić information content (AvgIpc) is 2.78. The Morgan fingerprint density at radius 1 is 1.36 bits per heavy atom. The Labute approximate surface area is 128 Å². The highest BCUT2D eigenvalue weighted by Gasteiger charge is 2.12. The molecular formula is C16H18FNO4. The Morgan fingerprint density at radius 3 is 2.73 bits per heavy atom. The van der Waals surface area contributed by atoms with E-state index in [1.54, 1.807) is 26.8 Å². The molecule has 2 rings (SSSR count). The first-order valence-electron chi connectivity index (χ1n) is 6.99. The maximum atomic E-state index is 14.0. The second kappa shape index (κ2) is 7.06. The number of carbonyl (C=O) groups excluding carboxylic acids is 1. The number of esters is 1. The molecule has 0 aliphatic rings. The van der Waals surface area contributed by atoms with Crippen LogP contribution in [0.25, 0.3) is 0 Å². The van der Waals surface area contributed by atoms with E-state index in [2.05, 4.69) is 5.16 Å². The molecule has 0 unspecified atom stereocenters. The van der Waals surface area contributed by atoms with Crippen molar-refractivity contribution in [1.82, 2.24) is 5.16 Å². The van der Waals surface area contributed by atoms with E-state index in [0.717, 1.165) is 11.3 Å². The minimum atomic E-state index is -0.520. The first-order valence-corrected chi connectivity index (χ1v) is 6.99. The fourth-order valence-electron chi connectivity index (χ4n) is 2.01. The van der Waals surface area contributed by atoms with E-state index >= 15 is 0 Å². The van der Waals surface area contributed by atoms with Crippen LogP contribution >= 0.6 is 0 Å². The van der Waals surface area contributed by atoms with E-state index in [9.17, 15) is 9.18 Å². The van der Waals surface area contributed by atoms with Crippen molar-refractivity contribution in [1.29, 1.82) is 0 Å². The number of rotatable bonds is 6. The van der Waals surface area contributed by atoms with Gasteiger partial charge in [-0.3, -0.25) is 4.79 Å². The predicted octanol–water partition coefficient (Wildman–Crippen LogP) is 3.12. The van der Waals surface area contributed by atoms with Crippen molar-refractivity contribution in [2.24, 2.45) is 0 Å². The van der Waals surface area contributed by atoms with Crippen LogP contribution in [0.2, 0.25) is 0 Å². The maximum absolute atomic E-state index is 14.0. The quantitative estimate of drug-likeness (QED) is 0.767. The standard InChI is InChI=1S/C16H18FNO4/c1-4-20-16(19)8-12-5-6-15(14(17)7-12)21-9-13-10(2)18-22-11(13)3/h5-7H,4,8-9H2,1-3H3. The molecular weight excluding hydrogens is 289 g/mol. The molecule has 0 fully saturated rings. The van der Waals surface area contributed by atoms with Gasteiger partial charge in [0.25, 0.3) is 0 Å². The highest BCUT2D eigenvalue weighted by molar-refractivity contribution is 5.72. The lowest BCUT2D eigenvalue weighted by Crippen LogP contribution is -2.08. The summed E-state index contributed by atoms with van der Waals surface area (Å²) in [6, 6.07) is 4.42. The Hall–Kier alpha value is -2.37. The SMILES string of the molecule is CCOC(=O)Cc1ccc(OCc2c(C)noc2C)c(F)c1. The molecule has 0 spiro atoms.